The summed E-state index contributed by atoms with van der Waals surface area (Å²) in [6.45, 7) is 9.57. The summed E-state index contributed by atoms with van der Waals surface area (Å²) in [4.78, 5) is 50.1. The zero-order chi connectivity index (χ0) is 67.4. The third-order valence-corrected chi connectivity index (χ3v) is 17.7. The third kappa shape index (κ3) is 50.4. The summed E-state index contributed by atoms with van der Waals surface area (Å²) in [5.74, 6) is -3.14. The number of hydrogen-bond acceptors (Lipinski definition) is 14. The molecule has 0 fully saturated rings. The smallest absolute Gasteiger partial charge is 0.744 e. The number of ether oxygens (including phenoxy) is 4. The van der Waals surface area contributed by atoms with Crippen molar-refractivity contribution in [3.63, 3.8) is 0 Å². The number of rotatable bonds is 58. The van der Waals surface area contributed by atoms with Crippen molar-refractivity contribution >= 4 is 81.9 Å². The molecule has 14 nitrogen and oxygen atoms in total. The van der Waals surface area contributed by atoms with E-state index in [9.17, 15) is 45.1 Å². The summed E-state index contributed by atoms with van der Waals surface area (Å²) in [5.41, 5.74) is -0.724. The standard InChI is InChI=1S/2C38H62O7S.Ca/c2*1-3-5-7-9-11-13-15-17-19-21-23-25-27-31-44-37(39)35-30-29-34(46(41,42)43)33-36(35)38(40)45-32-28-26-24-22-20-18-16-14-12-10-8-6-4-2;/h2*13-16,29-30,33H,3-12,17-28,31-32H2,1-2H3,(H,41,42,43);/q;;+2/p-2/b2*15-13+,16-14+;. The van der Waals surface area contributed by atoms with Gasteiger partial charge in [0.05, 0.1) is 58.5 Å². The van der Waals surface area contributed by atoms with Crippen molar-refractivity contribution in [2.24, 2.45) is 0 Å². The first kappa shape index (κ1) is 89.4. The summed E-state index contributed by atoms with van der Waals surface area (Å²) in [5, 5.41) is 0. The Balaban J connectivity index is 0.00000180. The molecule has 0 aliphatic carbocycles. The van der Waals surface area contributed by atoms with Gasteiger partial charge in [0.2, 0.25) is 0 Å². The fourth-order valence-electron chi connectivity index (χ4n) is 10.3. The van der Waals surface area contributed by atoms with Crippen LogP contribution in [0.3, 0.4) is 0 Å². The maximum Gasteiger partial charge on any atom is 2.00 e. The molecular weight excluding hydrogens is 1240 g/mol. The minimum absolute atomic E-state index is 0. The van der Waals surface area contributed by atoms with E-state index in [0.717, 1.165) is 190 Å². The normalized spacial score (nSPS) is 11.8. The molecule has 93 heavy (non-hydrogen) atoms. The van der Waals surface area contributed by atoms with Gasteiger partial charge in [-0.1, -0.05) is 230 Å². The van der Waals surface area contributed by atoms with Crippen molar-refractivity contribution in [3.05, 3.63) is 107 Å². The second kappa shape index (κ2) is 61.9. The molecule has 0 unspecified atom stereocenters. The van der Waals surface area contributed by atoms with E-state index < -0.39 is 53.9 Å². The molecular formula is C76H122CaO14S2. The Morgan fingerprint density at radius 3 is 0.677 bits per heavy atom. The van der Waals surface area contributed by atoms with Gasteiger partial charge in [0.15, 0.2) is 0 Å². The van der Waals surface area contributed by atoms with Crippen LogP contribution in [0.15, 0.2) is 94.8 Å². The molecule has 0 amide bonds. The van der Waals surface area contributed by atoms with Gasteiger partial charge in [0.25, 0.3) is 0 Å². The first-order valence-corrected chi connectivity index (χ1v) is 38.9. The quantitative estimate of drug-likeness (QED) is 0.0150. The van der Waals surface area contributed by atoms with Crippen LogP contribution < -0.4 is 0 Å². The maximum atomic E-state index is 12.8. The molecule has 0 saturated carbocycles. The van der Waals surface area contributed by atoms with Crippen molar-refractivity contribution < 1.29 is 64.1 Å². The van der Waals surface area contributed by atoms with E-state index >= 15 is 0 Å². The number of allylic oxidation sites excluding steroid dienone is 8. The fourth-order valence-corrected chi connectivity index (χ4v) is 11.3. The topological polar surface area (TPSA) is 220 Å². The zero-order valence-corrected chi connectivity index (χ0v) is 62.1. The molecule has 0 aliphatic rings. The SMILES string of the molecule is CCCCCC/C=C/CCCCCCCOC(=O)c1ccc(S(=O)(=O)[O-])cc1C(=O)OCCCCCCC/C=C/CCCCCC.CCCCCC/C=C/CCCCCCCOC(=O)c1ccc(S(=O)(=O)[O-])cc1C(=O)OCCCCCCC/C=C/CCCCCC.[Ca+2]. The molecule has 17 heteroatoms. The number of carbonyl (C=O) groups excluding carboxylic acids is 4. The van der Waals surface area contributed by atoms with Gasteiger partial charge in [0.1, 0.15) is 20.2 Å². The molecule has 2 aromatic carbocycles. The minimum Gasteiger partial charge on any atom is -0.744 e. The molecule has 0 aromatic heterocycles. The van der Waals surface area contributed by atoms with Crippen LogP contribution in [0.25, 0.3) is 0 Å². The predicted octanol–water partition coefficient (Wildman–Crippen LogP) is 20.9. The van der Waals surface area contributed by atoms with E-state index in [1.54, 1.807) is 0 Å². The Bertz CT molecular complexity index is 2400. The van der Waals surface area contributed by atoms with Crippen LogP contribution in [0, 0.1) is 0 Å². The van der Waals surface area contributed by atoms with Crippen LogP contribution in [0.4, 0.5) is 0 Å². The molecule has 0 saturated heterocycles. The minimum atomic E-state index is -4.81. The molecule has 0 heterocycles. The largest absolute Gasteiger partial charge is 2.00 e. The second-order valence-corrected chi connectivity index (χ2v) is 27.1. The van der Waals surface area contributed by atoms with Gasteiger partial charge in [0, 0.05) is 0 Å². The fraction of sp³-hybridized carbons (Fsp3) is 0.684. The summed E-state index contributed by atoms with van der Waals surface area (Å²) in [6, 6.07) is 6.19. The number of carbonyl (C=O) groups is 4. The molecule has 2 aromatic rings. The molecule has 0 aliphatic heterocycles. The van der Waals surface area contributed by atoms with E-state index in [4.69, 9.17) is 18.9 Å². The van der Waals surface area contributed by atoms with Crippen molar-refractivity contribution in [2.75, 3.05) is 26.4 Å². The van der Waals surface area contributed by atoms with E-state index in [1.807, 2.05) is 0 Å². The van der Waals surface area contributed by atoms with Gasteiger partial charge < -0.3 is 28.1 Å². The summed E-state index contributed by atoms with van der Waals surface area (Å²) in [6.07, 6.45) is 67.3. The van der Waals surface area contributed by atoms with Gasteiger partial charge in [-0.15, -0.1) is 0 Å². The van der Waals surface area contributed by atoms with E-state index in [2.05, 4.69) is 76.3 Å². The van der Waals surface area contributed by atoms with Crippen LogP contribution in [-0.4, -0.2) is 114 Å². The number of hydrogen-bond donors (Lipinski definition) is 0. The Morgan fingerprint density at radius 1 is 0.290 bits per heavy atom. The molecule has 0 atom stereocenters. The van der Waals surface area contributed by atoms with Gasteiger partial charge in [-0.3, -0.25) is 0 Å². The number of benzene rings is 2. The van der Waals surface area contributed by atoms with Crippen LogP contribution in [0.5, 0.6) is 0 Å². The molecule has 2 rings (SSSR count). The van der Waals surface area contributed by atoms with Crippen LogP contribution in [-0.2, 0) is 39.2 Å². The average Bonchev–Trinajstić information content (AvgIpc) is 0.860. The first-order valence-electron chi connectivity index (χ1n) is 36.1. The molecule has 0 spiro atoms. The van der Waals surface area contributed by atoms with Crippen molar-refractivity contribution in [1.29, 1.82) is 0 Å². The molecule has 0 radical (unpaired) electrons. The van der Waals surface area contributed by atoms with E-state index in [0.29, 0.717) is 25.7 Å². The predicted molar refractivity (Wildman–Crippen MR) is 378 cm³/mol. The van der Waals surface area contributed by atoms with Crippen LogP contribution in [0.2, 0.25) is 0 Å². The Kier molecular flexibility index (Phi) is 59.5. The van der Waals surface area contributed by atoms with Crippen LogP contribution >= 0.6 is 0 Å². The monoisotopic (exact) mass is 1360 g/mol. The van der Waals surface area contributed by atoms with Crippen molar-refractivity contribution in [1.82, 2.24) is 0 Å². The number of unbranched alkanes of at least 4 members (excludes halogenated alkanes) is 36. The molecule has 524 valence electrons. The molecule has 0 N–H and O–H groups in total. The van der Waals surface area contributed by atoms with Crippen molar-refractivity contribution in [2.45, 2.75) is 320 Å². The van der Waals surface area contributed by atoms with E-state index in [-0.39, 0.29) is 86.4 Å². The number of esters is 4. The Morgan fingerprint density at radius 2 is 0.473 bits per heavy atom. The van der Waals surface area contributed by atoms with Gasteiger partial charge >= 0.3 is 61.6 Å². The third-order valence-electron chi connectivity index (χ3n) is 16.0. The van der Waals surface area contributed by atoms with Crippen molar-refractivity contribution in [3.8, 4) is 0 Å². The Hall–Kier alpha value is -3.64. The average molecular weight is 1360 g/mol. The van der Waals surface area contributed by atoms with E-state index in [1.165, 1.54) is 103 Å². The second-order valence-electron chi connectivity index (χ2n) is 24.4. The summed E-state index contributed by atoms with van der Waals surface area (Å²) in [7, 11) is -9.62. The summed E-state index contributed by atoms with van der Waals surface area (Å²) < 4.78 is 90.9. The Labute approximate surface area is 595 Å². The zero-order valence-electron chi connectivity index (χ0n) is 58.3. The maximum absolute atomic E-state index is 12.8. The van der Waals surface area contributed by atoms with Crippen LogP contribution in [0.1, 0.15) is 352 Å². The summed E-state index contributed by atoms with van der Waals surface area (Å²) >= 11 is 0. The van der Waals surface area contributed by atoms with Gasteiger partial charge in [-0.25, -0.2) is 36.0 Å². The van der Waals surface area contributed by atoms with Gasteiger partial charge in [-0.05, 0) is 165 Å². The first-order chi connectivity index (χ1) is 44.6. The van der Waals surface area contributed by atoms with Gasteiger partial charge in [-0.2, -0.15) is 0 Å². The molecule has 0 bridgehead atoms.